The Kier molecular flexibility index (Phi) is 12.6. The van der Waals surface area contributed by atoms with E-state index in [2.05, 4.69) is 5.32 Å². The van der Waals surface area contributed by atoms with Gasteiger partial charge in [-0.1, -0.05) is 45.9 Å². The number of esters is 2. The molecule has 6 rings (SSSR count). The summed E-state index contributed by atoms with van der Waals surface area (Å²) in [5.74, 6) is -10.5. The Balaban J connectivity index is 1.65. The van der Waals surface area contributed by atoms with Gasteiger partial charge in [0.2, 0.25) is 11.5 Å². The number of Topliss-reactive ketones (excluding diaryl/α,β-unsaturated/α-hetero) is 2. The molecule has 1 aromatic carbocycles. The highest BCUT2D eigenvalue weighted by atomic mass is 16.7. The monoisotopic (exact) mass is 789 g/mol. The molecule has 1 aromatic heterocycles. The molecule has 57 heavy (non-hydrogen) atoms. The van der Waals surface area contributed by atoms with Gasteiger partial charge in [-0.15, -0.1) is 0 Å². The molecule has 1 aliphatic carbocycles. The van der Waals surface area contributed by atoms with E-state index in [1.807, 2.05) is 0 Å². The van der Waals surface area contributed by atoms with Gasteiger partial charge in [0.25, 0.3) is 11.7 Å². The van der Waals surface area contributed by atoms with Crippen LogP contribution in [-0.4, -0.2) is 82.7 Å². The molecular formula is C42H47NO14. The zero-order valence-corrected chi connectivity index (χ0v) is 33.1. The highest BCUT2D eigenvalue weighted by Gasteiger charge is 2.52. The van der Waals surface area contributed by atoms with Crippen molar-refractivity contribution < 1.29 is 67.1 Å². The second-order valence-corrected chi connectivity index (χ2v) is 14.7. The standard InChI is InChI=1S/C42H47NO14/c1-19-12-10-13-20(2)40(50)43-26-18-27(45)30-31(35(26)48)37(56-41(51)29-14-11-16-53-29)24(6)38-32(30)39(49)42(8,57-38)54-17-15-28(52-9)21(3)36(55-25(7)44)23(5)34(47)22(4)33(19)46/h10-19,21-23,28,33-34,36,46-47H,1-9H3,(H,43,50). The van der Waals surface area contributed by atoms with E-state index in [9.17, 15) is 39.0 Å². The summed E-state index contributed by atoms with van der Waals surface area (Å²) in [5, 5.41) is 25.2. The number of amides is 1. The molecule has 9 unspecified atom stereocenters. The van der Waals surface area contributed by atoms with Crippen molar-refractivity contribution in [1.82, 2.24) is 5.32 Å². The molecule has 15 heteroatoms. The lowest BCUT2D eigenvalue weighted by atomic mass is 9.78. The molecule has 2 aromatic rings. The third-order valence-corrected chi connectivity index (χ3v) is 10.7. The molecule has 0 fully saturated rings. The summed E-state index contributed by atoms with van der Waals surface area (Å²) in [4.78, 5) is 81.3. The van der Waals surface area contributed by atoms with Crippen LogP contribution in [0.2, 0.25) is 0 Å². The number of fused-ring (bicyclic) bond motifs is 14. The Morgan fingerprint density at radius 3 is 2.26 bits per heavy atom. The summed E-state index contributed by atoms with van der Waals surface area (Å²) in [6.07, 6.45) is 5.33. The maximum absolute atomic E-state index is 14.2. The van der Waals surface area contributed by atoms with Gasteiger partial charge in [-0.05, 0) is 32.1 Å². The van der Waals surface area contributed by atoms with Crippen LogP contribution < -0.4 is 14.8 Å². The number of aliphatic hydroxyl groups is 2. The lowest BCUT2D eigenvalue weighted by Crippen LogP contribution is -2.46. The van der Waals surface area contributed by atoms with Crippen LogP contribution in [0.25, 0.3) is 0 Å². The average Bonchev–Trinajstić information content (AvgIpc) is 3.80. The lowest BCUT2D eigenvalue weighted by molar-refractivity contribution is -0.160. The van der Waals surface area contributed by atoms with Gasteiger partial charge in [0.15, 0.2) is 5.78 Å². The molecule has 15 nitrogen and oxygen atoms in total. The average molecular weight is 790 g/mol. The van der Waals surface area contributed by atoms with E-state index in [0.29, 0.717) is 0 Å². The first-order valence-corrected chi connectivity index (χ1v) is 18.4. The van der Waals surface area contributed by atoms with E-state index in [1.165, 1.54) is 71.4 Å². The van der Waals surface area contributed by atoms with Gasteiger partial charge < -0.3 is 43.6 Å². The number of carbonyl (C=O) groups is 6. The van der Waals surface area contributed by atoms with Crippen LogP contribution in [0, 0.1) is 30.6 Å². The van der Waals surface area contributed by atoms with Crippen molar-refractivity contribution in [2.24, 2.45) is 23.7 Å². The summed E-state index contributed by atoms with van der Waals surface area (Å²) in [6, 6.07) is 2.77. The maximum Gasteiger partial charge on any atom is 0.379 e. The number of aliphatic hydroxyl groups excluding tert-OH is 2. The number of hydrogen-bond donors (Lipinski definition) is 3. The number of benzene rings is 1. The molecule has 0 saturated carbocycles. The number of methoxy groups -OCH3 is 1. The Labute approximate surface area is 329 Å². The number of allylic oxidation sites excluding steroid dienone is 4. The second-order valence-electron chi connectivity index (χ2n) is 14.7. The number of furan rings is 1. The van der Waals surface area contributed by atoms with Crippen molar-refractivity contribution in [2.45, 2.75) is 85.6 Å². The molecule has 1 amide bonds. The fourth-order valence-electron chi connectivity index (χ4n) is 7.27. The van der Waals surface area contributed by atoms with Crippen LogP contribution in [0.15, 0.2) is 70.7 Å². The van der Waals surface area contributed by atoms with Crippen molar-refractivity contribution in [3.05, 3.63) is 94.3 Å². The molecular weight excluding hydrogens is 742 g/mol. The zero-order valence-electron chi connectivity index (χ0n) is 33.1. The highest BCUT2D eigenvalue weighted by molar-refractivity contribution is 6.31. The molecule has 0 spiro atoms. The summed E-state index contributed by atoms with van der Waals surface area (Å²) in [6.45, 7) is 12.2. The van der Waals surface area contributed by atoms with E-state index in [1.54, 1.807) is 33.8 Å². The molecule has 9 atom stereocenters. The van der Waals surface area contributed by atoms with Crippen LogP contribution >= 0.6 is 0 Å². The molecule has 4 aliphatic rings. The third-order valence-electron chi connectivity index (χ3n) is 10.7. The second kappa shape index (κ2) is 16.8. The molecule has 3 N–H and O–H groups in total. The van der Waals surface area contributed by atoms with Gasteiger partial charge in [-0.25, -0.2) is 4.79 Å². The van der Waals surface area contributed by atoms with Crippen LogP contribution in [0.1, 0.15) is 95.7 Å². The predicted molar refractivity (Wildman–Crippen MR) is 201 cm³/mol. The van der Waals surface area contributed by atoms with Crippen molar-refractivity contribution in [1.29, 1.82) is 0 Å². The number of ether oxygens (including phenoxy) is 5. The Bertz CT molecular complexity index is 2090. The maximum atomic E-state index is 14.2. The third kappa shape index (κ3) is 8.27. The van der Waals surface area contributed by atoms with Crippen LogP contribution in [0.3, 0.4) is 0 Å². The lowest BCUT2D eigenvalue weighted by Gasteiger charge is -2.38. The molecule has 0 radical (unpaired) electrons. The van der Waals surface area contributed by atoms with Crippen LogP contribution in [0.5, 0.6) is 11.5 Å². The fraction of sp³-hybridized carbons (Fsp3) is 0.429. The summed E-state index contributed by atoms with van der Waals surface area (Å²) < 4.78 is 34.3. The van der Waals surface area contributed by atoms with Crippen molar-refractivity contribution in [2.75, 3.05) is 7.11 Å². The number of hydrogen-bond acceptors (Lipinski definition) is 14. The highest BCUT2D eigenvalue weighted by Crippen LogP contribution is 2.48. The van der Waals surface area contributed by atoms with Gasteiger partial charge in [0.05, 0.1) is 53.2 Å². The van der Waals surface area contributed by atoms with Crippen molar-refractivity contribution in [3.8, 4) is 11.5 Å². The van der Waals surface area contributed by atoms with Gasteiger partial charge in [-0.2, -0.15) is 0 Å². The summed E-state index contributed by atoms with van der Waals surface area (Å²) >= 11 is 0. The quantitative estimate of drug-likeness (QED) is 0.282. The number of carbonyl (C=O) groups excluding carboxylic acids is 6. The van der Waals surface area contributed by atoms with Gasteiger partial charge in [0, 0.05) is 61.8 Å². The van der Waals surface area contributed by atoms with Crippen molar-refractivity contribution in [3.63, 3.8) is 0 Å². The minimum Gasteiger partial charge on any atom is -0.462 e. The van der Waals surface area contributed by atoms with E-state index >= 15 is 0 Å². The number of ketones is 3. The zero-order chi connectivity index (χ0) is 42.1. The fourth-order valence-corrected chi connectivity index (χ4v) is 7.27. The van der Waals surface area contributed by atoms with E-state index in [4.69, 9.17) is 28.1 Å². The topological polar surface area (TPSA) is 214 Å². The first kappa shape index (κ1) is 42.5. The first-order valence-electron chi connectivity index (χ1n) is 18.4. The Morgan fingerprint density at radius 1 is 0.930 bits per heavy atom. The van der Waals surface area contributed by atoms with E-state index in [0.717, 1.165) is 12.3 Å². The van der Waals surface area contributed by atoms with Gasteiger partial charge in [-0.3, -0.25) is 24.0 Å². The molecule has 0 saturated heterocycles. The summed E-state index contributed by atoms with van der Waals surface area (Å²) in [7, 11) is 1.41. The molecule has 5 bridgehead atoms. The Morgan fingerprint density at radius 2 is 1.63 bits per heavy atom. The molecule has 3 aliphatic heterocycles. The molecule has 4 heterocycles. The van der Waals surface area contributed by atoms with Crippen molar-refractivity contribution >= 4 is 35.2 Å². The number of rotatable bonds is 4. The predicted octanol–water partition coefficient (Wildman–Crippen LogP) is 4.74. The van der Waals surface area contributed by atoms with Gasteiger partial charge >= 0.3 is 17.7 Å². The summed E-state index contributed by atoms with van der Waals surface area (Å²) in [5.41, 5.74) is -1.51. The normalized spacial score (nSPS) is 29.5. The largest absolute Gasteiger partial charge is 0.462 e. The van der Waals surface area contributed by atoms with Crippen LogP contribution in [0.4, 0.5) is 0 Å². The van der Waals surface area contributed by atoms with Crippen LogP contribution in [-0.2, 0) is 23.8 Å². The van der Waals surface area contributed by atoms with E-state index in [-0.39, 0.29) is 28.2 Å². The SMILES string of the molecule is COC1C=COC2(C)Oc3c(C)c(OC(=O)c4ccco4)c4c(c3C2=O)C(=O)C=C(NC(=O)C(C)=CC=CC(C)C(O)C(C)C(O)C(C)C(OC(C)=O)C1C)C4=O. The van der Waals surface area contributed by atoms with Gasteiger partial charge in [0.1, 0.15) is 17.6 Å². The minimum atomic E-state index is -2.12. The smallest absolute Gasteiger partial charge is 0.379 e. The molecule has 304 valence electrons. The van der Waals surface area contributed by atoms with E-state index < -0.39 is 112 Å². The number of nitrogens with one attached hydrogen (secondary N) is 1. The minimum absolute atomic E-state index is 0.000493. The Hall–Kier alpha value is -5.64. The first-order chi connectivity index (χ1) is 26.8.